The maximum absolute atomic E-state index is 11.8. The highest BCUT2D eigenvalue weighted by molar-refractivity contribution is 7.11. The van der Waals surface area contributed by atoms with Crippen LogP contribution in [0.15, 0.2) is 29.3 Å². The van der Waals surface area contributed by atoms with Crippen LogP contribution in [0.3, 0.4) is 0 Å². The summed E-state index contributed by atoms with van der Waals surface area (Å²) in [6.07, 6.45) is 1.66. The third-order valence-corrected chi connectivity index (χ3v) is 5.71. The highest BCUT2D eigenvalue weighted by atomic mass is 32.1. The predicted molar refractivity (Wildman–Crippen MR) is 110 cm³/mol. The largest absolute Gasteiger partial charge is 0.352 e. The Morgan fingerprint density at radius 3 is 2.70 bits per heavy atom. The van der Waals surface area contributed by atoms with E-state index in [1.54, 1.807) is 18.4 Å². The van der Waals surface area contributed by atoms with Crippen LogP contribution in [0.5, 0.6) is 0 Å². The maximum atomic E-state index is 11.8. The molecule has 0 unspecified atom stereocenters. The fourth-order valence-electron chi connectivity index (χ4n) is 3.24. The van der Waals surface area contributed by atoms with Gasteiger partial charge in [-0.05, 0) is 31.4 Å². The maximum Gasteiger partial charge on any atom is 0.222 e. The zero-order valence-electron chi connectivity index (χ0n) is 16.2. The molecule has 0 spiro atoms. The summed E-state index contributed by atoms with van der Waals surface area (Å²) < 4.78 is 0. The van der Waals surface area contributed by atoms with Crippen molar-refractivity contribution in [1.29, 1.82) is 0 Å². The quantitative estimate of drug-likeness (QED) is 0.593. The summed E-state index contributed by atoms with van der Waals surface area (Å²) in [5.41, 5.74) is 3.42. The van der Waals surface area contributed by atoms with Crippen molar-refractivity contribution >= 4 is 23.2 Å². The van der Waals surface area contributed by atoms with E-state index in [1.807, 2.05) is 24.8 Å². The molecule has 3 rings (SSSR count). The number of nitrogens with one attached hydrogen (secondary N) is 2. The van der Waals surface area contributed by atoms with Crippen molar-refractivity contribution in [3.05, 3.63) is 51.0 Å². The molecule has 1 saturated heterocycles. The molecule has 0 atom stereocenters. The summed E-state index contributed by atoms with van der Waals surface area (Å²) in [6.45, 7) is 7.03. The van der Waals surface area contributed by atoms with Gasteiger partial charge in [0, 0.05) is 38.0 Å². The Kier molecular flexibility index (Phi) is 6.45. The number of aromatic nitrogens is 1. The lowest BCUT2D eigenvalue weighted by atomic mass is 10.1. The minimum atomic E-state index is 0.261. The van der Waals surface area contributed by atoms with Crippen molar-refractivity contribution in [1.82, 2.24) is 20.5 Å². The summed E-state index contributed by atoms with van der Waals surface area (Å²) in [4.78, 5) is 23.7. The molecule has 0 radical (unpaired) electrons. The number of rotatable bonds is 6. The van der Waals surface area contributed by atoms with Gasteiger partial charge in [-0.2, -0.15) is 0 Å². The van der Waals surface area contributed by atoms with Gasteiger partial charge in [0.15, 0.2) is 5.96 Å². The van der Waals surface area contributed by atoms with Crippen LogP contribution in [0.4, 0.5) is 0 Å². The van der Waals surface area contributed by atoms with E-state index < -0.39 is 0 Å². The van der Waals surface area contributed by atoms with E-state index in [2.05, 4.69) is 38.8 Å². The molecule has 1 amide bonds. The van der Waals surface area contributed by atoms with Crippen molar-refractivity contribution in [2.24, 2.45) is 4.99 Å². The lowest BCUT2D eigenvalue weighted by Gasteiger charge is -2.16. The molecule has 2 heterocycles. The van der Waals surface area contributed by atoms with E-state index in [0.29, 0.717) is 26.1 Å². The molecule has 1 aromatic heterocycles. The Morgan fingerprint density at radius 2 is 2.04 bits per heavy atom. The molecule has 2 aromatic rings. The third kappa shape index (κ3) is 5.29. The van der Waals surface area contributed by atoms with E-state index >= 15 is 0 Å². The normalized spacial score (nSPS) is 14.7. The number of benzene rings is 1. The van der Waals surface area contributed by atoms with E-state index in [1.165, 1.54) is 16.0 Å². The van der Waals surface area contributed by atoms with Crippen LogP contribution in [-0.2, 0) is 24.4 Å². The lowest BCUT2D eigenvalue weighted by molar-refractivity contribution is -0.128. The van der Waals surface area contributed by atoms with Crippen molar-refractivity contribution in [2.45, 2.75) is 46.3 Å². The molecular formula is C20H27N5OS. The lowest BCUT2D eigenvalue weighted by Crippen LogP contribution is -2.36. The Labute approximate surface area is 164 Å². The number of aryl methyl sites for hydroxylation is 2. The molecule has 0 bridgehead atoms. The van der Waals surface area contributed by atoms with Gasteiger partial charge in [-0.3, -0.25) is 9.79 Å². The fourth-order valence-corrected chi connectivity index (χ4v) is 4.11. The van der Waals surface area contributed by atoms with Gasteiger partial charge < -0.3 is 15.5 Å². The van der Waals surface area contributed by atoms with Crippen molar-refractivity contribution in [3.8, 4) is 0 Å². The molecule has 144 valence electrons. The van der Waals surface area contributed by atoms with Crippen LogP contribution >= 0.6 is 11.3 Å². The standard InChI is InChI=1S/C20H27N5OS/c1-14-18(27-15(2)24-14)12-23-20(21-3)22-11-16-6-4-7-17(10-16)13-25-9-5-8-19(25)26/h4,6-7,10H,5,8-9,11-13H2,1-3H3,(H2,21,22,23). The monoisotopic (exact) mass is 385 g/mol. The summed E-state index contributed by atoms with van der Waals surface area (Å²) >= 11 is 1.71. The topological polar surface area (TPSA) is 69.6 Å². The minimum Gasteiger partial charge on any atom is -0.352 e. The first-order valence-electron chi connectivity index (χ1n) is 9.28. The van der Waals surface area contributed by atoms with Gasteiger partial charge in [-0.15, -0.1) is 11.3 Å². The Balaban J connectivity index is 1.52. The average Bonchev–Trinajstić information content (AvgIpc) is 3.20. The molecule has 7 heteroatoms. The Morgan fingerprint density at radius 1 is 1.26 bits per heavy atom. The smallest absolute Gasteiger partial charge is 0.222 e. The van der Waals surface area contributed by atoms with Crippen molar-refractivity contribution in [3.63, 3.8) is 0 Å². The second-order valence-electron chi connectivity index (χ2n) is 6.76. The van der Waals surface area contributed by atoms with Crippen LogP contribution < -0.4 is 10.6 Å². The van der Waals surface area contributed by atoms with Gasteiger partial charge in [0.25, 0.3) is 0 Å². The molecule has 1 aliphatic rings. The number of guanidine groups is 1. The number of aliphatic imine (C=N–C) groups is 1. The molecule has 6 nitrogen and oxygen atoms in total. The first kappa shape index (κ1) is 19.4. The number of likely N-dealkylation sites (tertiary alicyclic amines) is 1. The average molecular weight is 386 g/mol. The van der Waals surface area contributed by atoms with Gasteiger partial charge in [0.05, 0.1) is 17.2 Å². The number of carbonyl (C=O) groups is 1. The van der Waals surface area contributed by atoms with E-state index in [0.717, 1.165) is 29.6 Å². The second-order valence-corrected chi connectivity index (χ2v) is 8.05. The summed E-state index contributed by atoms with van der Waals surface area (Å²) in [6, 6.07) is 8.37. The number of nitrogens with zero attached hydrogens (tertiary/aromatic N) is 3. The van der Waals surface area contributed by atoms with Crippen LogP contribution in [-0.4, -0.2) is 35.3 Å². The van der Waals surface area contributed by atoms with E-state index in [4.69, 9.17) is 0 Å². The molecule has 2 N–H and O–H groups in total. The van der Waals surface area contributed by atoms with Gasteiger partial charge in [-0.1, -0.05) is 24.3 Å². The molecule has 1 aliphatic heterocycles. The zero-order chi connectivity index (χ0) is 19.2. The Bertz CT molecular complexity index is 830. The number of hydrogen-bond donors (Lipinski definition) is 2. The highest BCUT2D eigenvalue weighted by Crippen LogP contribution is 2.17. The fraction of sp³-hybridized carbons (Fsp3) is 0.450. The van der Waals surface area contributed by atoms with Crippen molar-refractivity contribution < 1.29 is 4.79 Å². The first-order chi connectivity index (χ1) is 13.0. The number of hydrogen-bond acceptors (Lipinski definition) is 4. The minimum absolute atomic E-state index is 0.261. The van der Waals surface area contributed by atoms with Crippen LogP contribution in [0, 0.1) is 13.8 Å². The molecule has 1 fully saturated rings. The van der Waals surface area contributed by atoms with E-state index in [9.17, 15) is 4.79 Å². The number of thiazole rings is 1. The summed E-state index contributed by atoms with van der Waals surface area (Å²) in [5.74, 6) is 1.03. The second kappa shape index (κ2) is 8.99. The predicted octanol–water partition coefficient (Wildman–Crippen LogP) is 2.75. The first-order valence-corrected chi connectivity index (χ1v) is 10.1. The number of carbonyl (C=O) groups excluding carboxylic acids is 1. The van der Waals surface area contributed by atoms with Crippen LogP contribution in [0.25, 0.3) is 0 Å². The molecule has 1 aromatic carbocycles. The van der Waals surface area contributed by atoms with Crippen LogP contribution in [0.2, 0.25) is 0 Å². The van der Waals surface area contributed by atoms with Gasteiger partial charge in [0.2, 0.25) is 5.91 Å². The van der Waals surface area contributed by atoms with Gasteiger partial charge in [0.1, 0.15) is 0 Å². The molecular weight excluding hydrogens is 358 g/mol. The summed E-state index contributed by atoms with van der Waals surface area (Å²) in [5, 5.41) is 7.78. The zero-order valence-corrected chi connectivity index (χ0v) is 17.0. The SMILES string of the molecule is CN=C(NCc1cccc(CN2CCCC2=O)c1)NCc1sc(C)nc1C. The molecule has 0 aliphatic carbocycles. The van der Waals surface area contributed by atoms with Crippen LogP contribution in [0.1, 0.15) is 39.5 Å². The van der Waals surface area contributed by atoms with Gasteiger partial charge in [-0.25, -0.2) is 4.98 Å². The highest BCUT2D eigenvalue weighted by Gasteiger charge is 2.19. The number of amides is 1. The summed E-state index contributed by atoms with van der Waals surface area (Å²) in [7, 11) is 1.77. The van der Waals surface area contributed by atoms with Gasteiger partial charge >= 0.3 is 0 Å². The Hall–Kier alpha value is -2.41. The molecule has 0 saturated carbocycles. The van der Waals surface area contributed by atoms with E-state index in [-0.39, 0.29) is 5.91 Å². The van der Waals surface area contributed by atoms with Crippen molar-refractivity contribution in [2.75, 3.05) is 13.6 Å². The third-order valence-electron chi connectivity index (χ3n) is 4.64. The molecule has 27 heavy (non-hydrogen) atoms.